The number of anilines is 1. The summed E-state index contributed by atoms with van der Waals surface area (Å²) in [5, 5.41) is 0.678. The summed E-state index contributed by atoms with van der Waals surface area (Å²) >= 11 is 11.0. The average molecular weight is 430 g/mol. The average Bonchev–Trinajstić information content (AvgIpc) is 2.26. The number of fused-ring (bicyclic) bond motifs is 1. The van der Waals surface area contributed by atoms with E-state index < -0.39 is 5.82 Å². The van der Waals surface area contributed by atoms with Gasteiger partial charge < -0.3 is 4.90 Å². The van der Waals surface area contributed by atoms with E-state index in [9.17, 15) is 4.39 Å². The lowest BCUT2D eigenvalue weighted by Crippen LogP contribution is -2.12. The molecule has 3 nitrogen and oxygen atoms in total. The van der Waals surface area contributed by atoms with Gasteiger partial charge in [-0.15, -0.1) is 0 Å². The molecule has 0 aliphatic heterocycles. The topological polar surface area (TPSA) is 29.0 Å². The molecule has 0 saturated heterocycles. The van der Waals surface area contributed by atoms with Crippen LogP contribution in [0.1, 0.15) is 0 Å². The van der Waals surface area contributed by atoms with Crippen LogP contribution in [0.5, 0.6) is 0 Å². The van der Waals surface area contributed by atoms with Crippen molar-refractivity contribution in [2.75, 3.05) is 19.0 Å². The third-order valence-corrected chi connectivity index (χ3v) is 4.74. The van der Waals surface area contributed by atoms with Crippen molar-refractivity contribution in [2.24, 2.45) is 0 Å². The maximum absolute atomic E-state index is 14.1. The van der Waals surface area contributed by atoms with Crippen LogP contribution in [-0.2, 0) is 0 Å². The minimum Gasteiger partial charge on any atom is -0.362 e. The first kappa shape index (κ1) is 13.2. The van der Waals surface area contributed by atoms with E-state index in [4.69, 9.17) is 11.6 Å². The maximum atomic E-state index is 14.1. The van der Waals surface area contributed by atoms with Gasteiger partial charge in [0.1, 0.15) is 11.3 Å². The number of halogens is 4. The van der Waals surface area contributed by atoms with E-state index in [2.05, 4.69) is 48.5 Å². The largest absolute Gasteiger partial charge is 0.362 e. The predicted octanol–water partition coefficient (Wildman–Crippen LogP) is 3.86. The maximum Gasteiger partial charge on any atom is 0.225 e. The second-order valence-electron chi connectivity index (χ2n) is 3.59. The fourth-order valence-electron chi connectivity index (χ4n) is 1.47. The van der Waals surface area contributed by atoms with Crippen molar-refractivity contribution < 1.29 is 4.39 Å². The molecule has 2 aromatic rings. The summed E-state index contributed by atoms with van der Waals surface area (Å²) in [6.45, 7) is 0. The van der Waals surface area contributed by atoms with Crippen molar-refractivity contribution in [1.82, 2.24) is 9.97 Å². The van der Waals surface area contributed by atoms with E-state index in [1.54, 1.807) is 4.90 Å². The van der Waals surface area contributed by atoms with Gasteiger partial charge in [0.25, 0.3) is 0 Å². The van der Waals surface area contributed by atoms with Crippen molar-refractivity contribution in [2.45, 2.75) is 0 Å². The zero-order chi connectivity index (χ0) is 12.7. The second kappa shape index (κ2) is 4.81. The molecule has 0 radical (unpaired) electrons. The molecule has 1 heterocycles. The highest BCUT2D eigenvalue weighted by atomic mass is 127. The van der Waals surface area contributed by atoms with Gasteiger partial charge in [0.2, 0.25) is 5.28 Å². The first-order chi connectivity index (χ1) is 7.91. The van der Waals surface area contributed by atoms with Crippen molar-refractivity contribution >= 4 is 66.8 Å². The fraction of sp³-hybridized carbons (Fsp3) is 0.200. The molecule has 0 atom stereocenters. The first-order valence-electron chi connectivity index (χ1n) is 4.60. The SMILES string of the molecule is CN(C)c1nc(Cl)nc2c(F)c(Br)c(I)cc12. The van der Waals surface area contributed by atoms with Crippen molar-refractivity contribution in [3.8, 4) is 0 Å². The molecular formula is C10H7BrClFIN3. The van der Waals surface area contributed by atoms with Crippen LogP contribution < -0.4 is 4.90 Å². The Balaban J connectivity index is 2.94. The number of rotatable bonds is 1. The van der Waals surface area contributed by atoms with Crippen molar-refractivity contribution in [3.63, 3.8) is 0 Å². The van der Waals surface area contributed by atoms with Crippen LogP contribution in [0.25, 0.3) is 10.9 Å². The molecule has 0 amide bonds. The molecule has 7 heteroatoms. The van der Waals surface area contributed by atoms with E-state index >= 15 is 0 Å². The molecule has 17 heavy (non-hydrogen) atoms. The molecule has 1 aromatic heterocycles. The lowest BCUT2D eigenvalue weighted by Gasteiger charge is -2.15. The summed E-state index contributed by atoms with van der Waals surface area (Å²) in [7, 11) is 3.65. The molecule has 1 aromatic carbocycles. The molecule has 0 aliphatic rings. The molecule has 0 spiro atoms. The Labute approximate surface area is 125 Å². The minimum atomic E-state index is -0.417. The Kier molecular flexibility index (Phi) is 3.74. The lowest BCUT2D eigenvalue weighted by atomic mass is 10.2. The van der Waals surface area contributed by atoms with E-state index in [-0.39, 0.29) is 10.8 Å². The van der Waals surface area contributed by atoms with E-state index in [1.165, 1.54) is 0 Å². The Morgan fingerprint density at radius 2 is 2.06 bits per heavy atom. The Bertz CT molecular complexity index is 606. The Hall–Kier alpha value is -0.210. The quantitative estimate of drug-likeness (QED) is 0.391. The van der Waals surface area contributed by atoms with Gasteiger partial charge in [0, 0.05) is 23.1 Å². The third kappa shape index (κ3) is 2.34. The zero-order valence-corrected chi connectivity index (χ0v) is 13.4. The normalized spacial score (nSPS) is 10.9. The van der Waals surface area contributed by atoms with Crippen LogP contribution in [0.15, 0.2) is 10.5 Å². The van der Waals surface area contributed by atoms with Gasteiger partial charge in [-0.05, 0) is 56.2 Å². The highest BCUT2D eigenvalue weighted by Gasteiger charge is 2.16. The highest BCUT2D eigenvalue weighted by Crippen LogP contribution is 2.33. The minimum absolute atomic E-state index is 0.0354. The molecule has 0 saturated carbocycles. The van der Waals surface area contributed by atoms with E-state index in [0.717, 1.165) is 3.57 Å². The van der Waals surface area contributed by atoms with Crippen molar-refractivity contribution in [1.29, 1.82) is 0 Å². The van der Waals surface area contributed by atoms with Gasteiger partial charge in [-0.2, -0.15) is 4.98 Å². The lowest BCUT2D eigenvalue weighted by molar-refractivity contribution is 0.629. The van der Waals surface area contributed by atoms with Crippen LogP contribution in [0.3, 0.4) is 0 Å². The molecule has 0 bridgehead atoms. The van der Waals surface area contributed by atoms with Gasteiger partial charge >= 0.3 is 0 Å². The molecule has 2 rings (SSSR count). The summed E-state index contributed by atoms with van der Waals surface area (Å²) < 4.78 is 15.2. The van der Waals surface area contributed by atoms with Crippen LogP contribution in [0, 0.1) is 9.39 Å². The summed E-state index contributed by atoms with van der Waals surface area (Å²) in [5.41, 5.74) is 0.223. The summed E-state index contributed by atoms with van der Waals surface area (Å²) in [6.07, 6.45) is 0. The van der Waals surface area contributed by atoms with Gasteiger partial charge in [0.15, 0.2) is 5.82 Å². The molecule has 0 aliphatic carbocycles. The van der Waals surface area contributed by atoms with Crippen LogP contribution >= 0.6 is 50.1 Å². The zero-order valence-electron chi connectivity index (χ0n) is 8.93. The molecular weight excluding hydrogens is 423 g/mol. The standard InChI is InChI=1S/C10H7BrClFIN3/c1-17(2)9-4-3-5(14)6(11)7(13)8(4)15-10(12)16-9/h3H,1-2H3. The highest BCUT2D eigenvalue weighted by molar-refractivity contribution is 14.1. The van der Waals surface area contributed by atoms with Crippen molar-refractivity contribution in [3.05, 3.63) is 25.2 Å². The van der Waals surface area contributed by atoms with Crippen LogP contribution in [0.2, 0.25) is 5.28 Å². The van der Waals surface area contributed by atoms with Gasteiger partial charge in [0.05, 0.1) is 4.47 Å². The summed E-state index contributed by atoms with van der Waals surface area (Å²) in [4.78, 5) is 9.82. The number of nitrogens with zero attached hydrogens (tertiary/aromatic N) is 3. The summed E-state index contributed by atoms with van der Waals surface area (Å²) in [6, 6.07) is 1.83. The van der Waals surface area contributed by atoms with E-state index in [0.29, 0.717) is 15.7 Å². The molecule has 0 N–H and O–H groups in total. The number of hydrogen-bond acceptors (Lipinski definition) is 3. The van der Waals surface area contributed by atoms with Gasteiger partial charge in [-0.1, -0.05) is 0 Å². The van der Waals surface area contributed by atoms with E-state index in [1.807, 2.05) is 20.2 Å². The van der Waals surface area contributed by atoms with Crippen LogP contribution in [-0.4, -0.2) is 24.1 Å². The Morgan fingerprint density at radius 1 is 1.41 bits per heavy atom. The number of aromatic nitrogens is 2. The smallest absolute Gasteiger partial charge is 0.225 e. The fourth-order valence-corrected chi connectivity index (χ4v) is 2.49. The monoisotopic (exact) mass is 429 g/mol. The van der Waals surface area contributed by atoms with Gasteiger partial charge in [-0.3, -0.25) is 0 Å². The predicted molar refractivity (Wildman–Crippen MR) is 79.3 cm³/mol. The first-order valence-corrected chi connectivity index (χ1v) is 6.85. The number of hydrogen-bond donors (Lipinski definition) is 0. The third-order valence-electron chi connectivity index (χ3n) is 2.20. The molecule has 0 fully saturated rings. The van der Waals surface area contributed by atoms with Crippen LogP contribution in [0.4, 0.5) is 10.2 Å². The number of benzene rings is 1. The summed E-state index contributed by atoms with van der Waals surface area (Å²) in [5.74, 6) is 0.184. The second-order valence-corrected chi connectivity index (χ2v) is 5.89. The van der Waals surface area contributed by atoms with Gasteiger partial charge in [-0.25, -0.2) is 9.37 Å². The molecule has 0 unspecified atom stereocenters. The Morgan fingerprint density at radius 3 is 2.65 bits per heavy atom. The molecule has 90 valence electrons.